The van der Waals surface area contributed by atoms with Crippen molar-refractivity contribution in [2.45, 2.75) is 38.1 Å². The Morgan fingerprint density at radius 3 is 2.69 bits per heavy atom. The summed E-state index contributed by atoms with van der Waals surface area (Å²) in [6.07, 6.45) is 8.21. The SMILES string of the molecule is O=C1C=C(NC2CCCCC2)CN1. The van der Waals surface area contributed by atoms with Crippen LogP contribution in [0, 0.1) is 0 Å². The predicted molar refractivity (Wildman–Crippen MR) is 51.1 cm³/mol. The van der Waals surface area contributed by atoms with E-state index in [-0.39, 0.29) is 5.91 Å². The second-order valence-electron chi connectivity index (χ2n) is 3.87. The van der Waals surface area contributed by atoms with Gasteiger partial charge in [0.2, 0.25) is 5.91 Å². The highest BCUT2D eigenvalue weighted by Crippen LogP contribution is 2.18. The maximum absolute atomic E-state index is 10.9. The van der Waals surface area contributed by atoms with Crippen LogP contribution in [-0.2, 0) is 4.79 Å². The zero-order valence-corrected chi connectivity index (χ0v) is 7.81. The van der Waals surface area contributed by atoms with Gasteiger partial charge in [-0.05, 0) is 12.8 Å². The Kier molecular flexibility index (Phi) is 2.52. The molecule has 0 radical (unpaired) electrons. The molecule has 1 aliphatic carbocycles. The van der Waals surface area contributed by atoms with Gasteiger partial charge in [-0.3, -0.25) is 4.79 Å². The molecule has 0 atom stereocenters. The first-order valence-electron chi connectivity index (χ1n) is 5.09. The molecule has 0 aromatic heterocycles. The van der Waals surface area contributed by atoms with Gasteiger partial charge >= 0.3 is 0 Å². The normalized spacial score (nSPS) is 24.0. The highest BCUT2D eigenvalue weighted by atomic mass is 16.1. The van der Waals surface area contributed by atoms with Crippen molar-refractivity contribution in [3.63, 3.8) is 0 Å². The Labute approximate surface area is 78.6 Å². The van der Waals surface area contributed by atoms with Crippen molar-refractivity contribution in [1.82, 2.24) is 10.6 Å². The summed E-state index contributed by atoms with van der Waals surface area (Å²) in [5.41, 5.74) is 1.07. The molecule has 0 aromatic rings. The molecule has 1 heterocycles. The summed E-state index contributed by atoms with van der Waals surface area (Å²) in [4.78, 5) is 10.9. The maximum atomic E-state index is 10.9. The third kappa shape index (κ3) is 2.23. The smallest absolute Gasteiger partial charge is 0.246 e. The quantitative estimate of drug-likeness (QED) is 0.663. The van der Waals surface area contributed by atoms with Gasteiger partial charge in [0.25, 0.3) is 0 Å². The number of rotatable bonds is 2. The molecular weight excluding hydrogens is 164 g/mol. The molecule has 1 fully saturated rings. The molecule has 0 spiro atoms. The van der Waals surface area contributed by atoms with Crippen molar-refractivity contribution in [1.29, 1.82) is 0 Å². The van der Waals surface area contributed by atoms with E-state index >= 15 is 0 Å². The lowest BCUT2D eigenvalue weighted by Crippen LogP contribution is -2.32. The molecule has 1 saturated carbocycles. The van der Waals surface area contributed by atoms with Gasteiger partial charge < -0.3 is 10.6 Å². The number of hydrogen-bond donors (Lipinski definition) is 2. The van der Waals surface area contributed by atoms with Gasteiger partial charge in [0.1, 0.15) is 0 Å². The standard InChI is InChI=1S/C10H16N2O/c13-10-6-9(7-11-10)12-8-4-2-1-3-5-8/h6,8,12H,1-5,7H2,(H,11,13). The zero-order valence-electron chi connectivity index (χ0n) is 7.81. The molecular formula is C10H16N2O. The minimum Gasteiger partial charge on any atom is -0.384 e. The molecule has 0 bridgehead atoms. The summed E-state index contributed by atoms with van der Waals surface area (Å²) in [5, 5.41) is 6.19. The van der Waals surface area contributed by atoms with E-state index in [4.69, 9.17) is 0 Å². The van der Waals surface area contributed by atoms with E-state index in [0.717, 1.165) is 5.70 Å². The van der Waals surface area contributed by atoms with Crippen molar-refractivity contribution in [2.24, 2.45) is 0 Å². The highest BCUT2D eigenvalue weighted by Gasteiger charge is 2.16. The lowest BCUT2D eigenvalue weighted by molar-refractivity contribution is -0.115. The number of carbonyl (C=O) groups excluding carboxylic acids is 1. The van der Waals surface area contributed by atoms with Crippen LogP contribution in [0.3, 0.4) is 0 Å². The van der Waals surface area contributed by atoms with Crippen LogP contribution in [0.1, 0.15) is 32.1 Å². The fraction of sp³-hybridized carbons (Fsp3) is 0.700. The van der Waals surface area contributed by atoms with E-state index in [1.54, 1.807) is 6.08 Å². The molecule has 0 unspecified atom stereocenters. The van der Waals surface area contributed by atoms with Crippen LogP contribution in [0.2, 0.25) is 0 Å². The van der Waals surface area contributed by atoms with E-state index in [0.29, 0.717) is 12.6 Å². The van der Waals surface area contributed by atoms with Crippen LogP contribution in [0.25, 0.3) is 0 Å². The molecule has 2 N–H and O–H groups in total. The third-order valence-corrected chi connectivity index (χ3v) is 2.75. The molecule has 1 amide bonds. The van der Waals surface area contributed by atoms with Crippen LogP contribution >= 0.6 is 0 Å². The Morgan fingerprint density at radius 2 is 2.08 bits per heavy atom. The van der Waals surface area contributed by atoms with E-state index < -0.39 is 0 Å². The van der Waals surface area contributed by atoms with Crippen molar-refractivity contribution in [3.05, 3.63) is 11.8 Å². The van der Waals surface area contributed by atoms with Crippen LogP contribution < -0.4 is 10.6 Å². The average molecular weight is 180 g/mol. The summed E-state index contributed by atoms with van der Waals surface area (Å²) in [6.45, 7) is 0.690. The van der Waals surface area contributed by atoms with Gasteiger partial charge in [-0.15, -0.1) is 0 Å². The van der Waals surface area contributed by atoms with Crippen LogP contribution in [0.15, 0.2) is 11.8 Å². The average Bonchev–Trinajstić information content (AvgIpc) is 2.53. The number of amides is 1. The topological polar surface area (TPSA) is 41.1 Å². The van der Waals surface area contributed by atoms with Gasteiger partial charge in [-0.1, -0.05) is 19.3 Å². The minimum atomic E-state index is 0.0401. The van der Waals surface area contributed by atoms with Gasteiger partial charge in [0.05, 0.1) is 6.54 Å². The van der Waals surface area contributed by atoms with E-state index in [1.165, 1.54) is 32.1 Å². The molecule has 3 heteroatoms. The predicted octanol–water partition coefficient (Wildman–Crippen LogP) is 0.922. The Balaban J connectivity index is 1.83. The van der Waals surface area contributed by atoms with Gasteiger partial charge in [-0.2, -0.15) is 0 Å². The van der Waals surface area contributed by atoms with Crippen LogP contribution in [0.5, 0.6) is 0 Å². The summed E-state index contributed by atoms with van der Waals surface area (Å²) >= 11 is 0. The lowest BCUT2D eigenvalue weighted by atomic mass is 9.95. The summed E-state index contributed by atoms with van der Waals surface area (Å²) in [5.74, 6) is 0.0401. The fourth-order valence-electron chi connectivity index (χ4n) is 2.04. The first-order chi connectivity index (χ1) is 6.34. The zero-order chi connectivity index (χ0) is 9.10. The van der Waals surface area contributed by atoms with E-state index in [9.17, 15) is 4.79 Å². The largest absolute Gasteiger partial charge is 0.384 e. The first kappa shape index (κ1) is 8.60. The highest BCUT2D eigenvalue weighted by molar-refractivity contribution is 5.90. The lowest BCUT2D eigenvalue weighted by Gasteiger charge is -2.23. The second-order valence-corrected chi connectivity index (χ2v) is 3.87. The van der Waals surface area contributed by atoms with Crippen molar-refractivity contribution in [3.8, 4) is 0 Å². The van der Waals surface area contributed by atoms with Crippen molar-refractivity contribution < 1.29 is 4.79 Å². The molecule has 2 rings (SSSR count). The maximum Gasteiger partial charge on any atom is 0.246 e. The molecule has 0 saturated heterocycles. The Morgan fingerprint density at radius 1 is 1.31 bits per heavy atom. The van der Waals surface area contributed by atoms with Crippen molar-refractivity contribution >= 4 is 5.91 Å². The second kappa shape index (κ2) is 3.81. The third-order valence-electron chi connectivity index (χ3n) is 2.75. The van der Waals surface area contributed by atoms with Gasteiger partial charge in [0.15, 0.2) is 0 Å². The summed E-state index contributed by atoms with van der Waals surface area (Å²) < 4.78 is 0. The van der Waals surface area contributed by atoms with Crippen LogP contribution in [-0.4, -0.2) is 18.5 Å². The Hall–Kier alpha value is -0.990. The minimum absolute atomic E-state index is 0.0401. The molecule has 2 aliphatic rings. The summed E-state index contributed by atoms with van der Waals surface area (Å²) in [6, 6.07) is 0.604. The monoisotopic (exact) mass is 180 g/mol. The molecule has 13 heavy (non-hydrogen) atoms. The van der Waals surface area contributed by atoms with Gasteiger partial charge in [-0.25, -0.2) is 0 Å². The van der Waals surface area contributed by atoms with Gasteiger partial charge in [0, 0.05) is 17.8 Å². The van der Waals surface area contributed by atoms with Crippen molar-refractivity contribution in [2.75, 3.05) is 6.54 Å². The van der Waals surface area contributed by atoms with E-state index in [2.05, 4.69) is 10.6 Å². The Bertz CT molecular complexity index is 229. The molecule has 1 aliphatic heterocycles. The fourth-order valence-corrected chi connectivity index (χ4v) is 2.04. The number of nitrogens with one attached hydrogen (secondary N) is 2. The summed E-state index contributed by atoms with van der Waals surface area (Å²) in [7, 11) is 0. The molecule has 72 valence electrons. The number of carbonyl (C=O) groups is 1. The van der Waals surface area contributed by atoms with Crippen LogP contribution in [0.4, 0.5) is 0 Å². The number of hydrogen-bond acceptors (Lipinski definition) is 2. The first-order valence-corrected chi connectivity index (χ1v) is 5.09. The molecule has 0 aromatic carbocycles. The molecule has 3 nitrogen and oxygen atoms in total. The van der Waals surface area contributed by atoms with E-state index in [1.807, 2.05) is 0 Å².